The predicted octanol–water partition coefficient (Wildman–Crippen LogP) is 3.63. The van der Waals surface area contributed by atoms with Crippen LogP contribution in [0.4, 0.5) is 0 Å². The maximum absolute atomic E-state index is 6.12. The van der Waals surface area contributed by atoms with Gasteiger partial charge >= 0.3 is 0 Å². The molecule has 0 radical (unpaired) electrons. The van der Waals surface area contributed by atoms with Gasteiger partial charge < -0.3 is 9.16 Å². The third-order valence-corrected chi connectivity index (χ3v) is 5.74. The Bertz CT molecular complexity index is 352. The van der Waals surface area contributed by atoms with Gasteiger partial charge in [-0.05, 0) is 23.2 Å². The highest BCUT2D eigenvalue weighted by Gasteiger charge is 2.11. The number of benzene rings is 1. The second-order valence-electron chi connectivity index (χ2n) is 4.41. The van der Waals surface area contributed by atoms with Crippen molar-refractivity contribution in [1.29, 1.82) is 0 Å². The molecule has 1 atom stereocenters. The van der Waals surface area contributed by atoms with E-state index in [0.29, 0.717) is 6.61 Å². The van der Waals surface area contributed by atoms with E-state index in [9.17, 15) is 0 Å². The Morgan fingerprint density at radius 2 is 2.06 bits per heavy atom. The van der Waals surface area contributed by atoms with E-state index in [0.717, 1.165) is 12.7 Å². The van der Waals surface area contributed by atoms with Crippen molar-refractivity contribution in [1.82, 2.24) is 0 Å². The second kappa shape index (κ2) is 9.08. The fraction of sp³-hybridized carbons (Fsp3) is 0.467. The molecule has 0 aliphatic rings. The molecule has 0 aromatic heterocycles. The number of methoxy groups -OCH3 is 1. The molecule has 0 amide bonds. The average Bonchev–Trinajstić information content (AvgIpc) is 2.42. The molecule has 0 spiro atoms. The van der Waals surface area contributed by atoms with Crippen LogP contribution in [0.15, 0.2) is 30.8 Å². The number of hydrogen-bond acceptors (Lipinski definition) is 2. The normalized spacial score (nSPS) is 12.3. The minimum Gasteiger partial charge on any atom is -0.416 e. The molecule has 18 heavy (non-hydrogen) atoms. The van der Waals surface area contributed by atoms with Crippen molar-refractivity contribution >= 4 is 15.1 Å². The molecule has 0 N–H and O–H groups in total. The molecule has 1 unspecified atom stereocenters. The van der Waals surface area contributed by atoms with Gasteiger partial charge in [0.05, 0.1) is 6.61 Å². The summed E-state index contributed by atoms with van der Waals surface area (Å²) in [5.41, 5.74) is 2.41. The van der Waals surface area contributed by atoms with Crippen molar-refractivity contribution < 1.29 is 9.16 Å². The van der Waals surface area contributed by atoms with E-state index in [2.05, 4.69) is 31.7 Å². The Morgan fingerprint density at radius 1 is 1.28 bits per heavy atom. The lowest BCUT2D eigenvalue weighted by Gasteiger charge is -2.16. The molecule has 1 rings (SSSR count). The minimum absolute atomic E-state index is 0.711. The lowest BCUT2D eigenvalue weighted by atomic mass is 10.1. The topological polar surface area (TPSA) is 18.5 Å². The average molecular weight is 264 g/mol. The van der Waals surface area contributed by atoms with Crippen molar-refractivity contribution in [3.63, 3.8) is 0 Å². The Hall–Kier alpha value is -0.903. The molecule has 0 saturated heterocycles. The van der Waals surface area contributed by atoms with Gasteiger partial charge in [0.25, 0.3) is 0 Å². The second-order valence-corrected chi connectivity index (χ2v) is 7.14. The van der Waals surface area contributed by atoms with Crippen LogP contribution in [0.3, 0.4) is 0 Å². The first-order chi connectivity index (χ1) is 8.81. The summed E-state index contributed by atoms with van der Waals surface area (Å²) >= 11 is 0. The largest absolute Gasteiger partial charge is 0.416 e. The van der Waals surface area contributed by atoms with Gasteiger partial charge in [-0.1, -0.05) is 50.3 Å². The Kier molecular flexibility index (Phi) is 7.65. The van der Waals surface area contributed by atoms with Gasteiger partial charge in [0.2, 0.25) is 0 Å². The van der Waals surface area contributed by atoms with Crippen LogP contribution in [0, 0.1) is 0 Å². The molecule has 0 bridgehead atoms. The van der Waals surface area contributed by atoms with E-state index in [1.54, 1.807) is 7.11 Å². The van der Waals surface area contributed by atoms with E-state index < -0.39 is 9.04 Å². The van der Waals surface area contributed by atoms with Crippen LogP contribution in [0.2, 0.25) is 12.1 Å². The van der Waals surface area contributed by atoms with E-state index in [4.69, 9.17) is 9.16 Å². The van der Waals surface area contributed by atoms with Crippen LogP contribution in [-0.2, 0) is 15.8 Å². The molecule has 0 saturated carbocycles. The molecule has 3 heteroatoms. The third-order valence-electron chi connectivity index (χ3n) is 3.00. The molecule has 0 aliphatic heterocycles. The highest BCUT2D eigenvalue weighted by atomic mass is 28.3. The van der Waals surface area contributed by atoms with Crippen LogP contribution < -0.4 is 0 Å². The van der Waals surface area contributed by atoms with Gasteiger partial charge in [0.15, 0.2) is 9.04 Å². The lowest BCUT2D eigenvalue weighted by Crippen LogP contribution is -2.19. The first kappa shape index (κ1) is 15.2. The predicted molar refractivity (Wildman–Crippen MR) is 80.3 cm³/mol. The summed E-state index contributed by atoms with van der Waals surface area (Å²) in [5, 5.41) is 0. The summed E-state index contributed by atoms with van der Waals surface area (Å²) in [7, 11) is 0.642. The highest BCUT2D eigenvalue weighted by molar-refractivity contribution is 6.51. The summed E-state index contributed by atoms with van der Waals surface area (Å²) < 4.78 is 11.3. The lowest BCUT2D eigenvalue weighted by molar-refractivity contribution is 0.207. The van der Waals surface area contributed by atoms with Crippen LogP contribution in [-0.4, -0.2) is 22.8 Å². The first-order valence-electron chi connectivity index (χ1n) is 6.62. The number of hydrogen-bond donors (Lipinski definition) is 0. The van der Waals surface area contributed by atoms with E-state index >= 15 is 0 Å². The molecular weight excluding hydrogens is 240 g/mol. The third kappa shape index (κ3) is 5.17. The quantitative estimate of drug-likeness (QED) is 0.634. The Labute approximate surface area is 112 Å². The molecule has 100 valence electrons. The van der Waals surface area contributed by atoms with Crippen molar-refractivity contribution in [3.8, 4) is 0 Å². The molecular formula is C15H24O2Si. The van der Waals surface area contributed by atoms with Crippen molar-refractivity contribution in [2.24, 2.45) is 0 Å². The minimum atomic E-state index is -1.11. The fourth-order valence-electron chi connectivity index (χ4n) is 1.95. The van der Waals surface area contributed by atoms with Gasteiger partial charge in [-0.15, -0.1) is 0 Å². The molecule has 0 aliphatic carbocycles. The van der Waals surface area contributed by atoms with Crippen molar-refractivity contribution in [3.05, 3.63) is 42.0 Å². The molecule has 1 aromatic rings. The van der Waals surface area contributed by atoms with Gasteiger partial charge in [-0.25, -0.2) is 0 Å². The van der Waals surface area contributed by atoms with E-state index in [1.807, 2.05) is 12.1 Å². The maximum atomic E-state index is 6.12. The highest BCUT2D eigenvalue weighted by Crippen LogP contribution is 2.14. The summed E-state index contributed by atoms with van der Waals surface area (Å²) in [4.78, 5) is 0. The zero-order chi connectivity index (χ0) is 13.2. The smallest absolute Gasteiger partial charge is 0.179 e. The van der Waals surface area contributed by atoms with Crippen LogP contribution in [0.5, 0.6) is 0 Å². The van der Waals surface area contributed by atoms with Gasteiger partial charge in [0, 0.05) is 13.7 Å². The maximum Gasteiger partial charge on any atom is 0.179 e. The van der Waals surface area contributed by atoms with Gasteiger partial charge in [0.1, 0.15) is 0 Å². The van der Waals surface area contributed by atoms with Crippen LogP contribution in [0.25, 0.3) is 6.08 Å². The van der Waals surface area contributed by atoms with Gasteiger partial charge in [-0.3, -0.25) is 0 Å². The zero-order valence-electron chi connectivity index (χ0n) is 11.5. The first-order valence-corrected chi connectivity index (χ1v) is 8.73. The molecule has 2 nitrogen and oxygen atoms in total. The monoisotopic (exact) mass is 264 g/mol. The molecule has 1 aromatic carbocycles. The summed E-state index contributed by atoms with van der Waals surface area (Å²) in [6.07, 6.45) is 3.09. The summed E-state index contributed by atoms with van der Waals surface area (Å²) in [6, 6.07) is 10.6. The van der Waals surface area contributed by atoms with Crippen molar-refractivity contribution in [2.75, 3.05) is 13.7 Å². The zero-order valence-corrected chi connectivity index (χ0v) is 12.7. The standard InChI is InChI=1S/C15H24O2Si/c1-4-11-18(12-10-16-3)17-13-15-9-7-6-8-14(15)5-2/h5-9,18H,2,4,10-13H2,1,3H3. The summed E-state index contributed by atoms with van der Waals surface area (Å²) in [6.45, 7) is 7.59. The number of ether oxygens (including phenoxy) is 1. The van der Waals surface area contributed by atoms with E-state index in [-0.39, 0.29) is 0 Å². The van der Waals surface area contributed by atoms with E-state index in [1.165, 1.54) is 23.6 Å². The number of rotatable bonds is 9. The SMILES string of the molecule is C=Cc1ccccc1CO[SiH](CCC)CCOC. The fourth-order valence-corrected chi connectivity index (χ4v) is 4.13. The van der Waals surface area contributed by atoms with Gasteiger partial charge in [-0.2, -0.15) is 0 Å². The van der Waals surface area contributed by atoms with Crippen LogP contribution >= 0.6 is 0 Å². The molecule has 0 heterocycles. The molecule has 0 fully saturated rings. The Balaban J connectivity index is 2.52. The Morgan fingerprint density at radius 3 is 2.72 bits per heavy atom. The summed E-state index contributed by atoms with van der Waals surface area (Å²) in [5.74, 6) is 0. The van der Waals surface area contributed by atoms with Crippen LogP contribution in [0.1, 0.15) is 24.5 Å². The van der Waals surface area contributed by atoms with Crippen molar-refractivity contribution in [2.45, 2.75) is 32.0 Å².